The van der Waals surface area contributed by atoms with Crippen LogP contribution in [0.5, 0.6) is 0 Å². The van der Waals surface area contributed by atoms with Crippen molar-refractivity contribution in [1.29, 1.82) is 0 Å². The van der Waals surface area contributed by atoms with Gasteiger partial charge in [0.25, 0.3) is 0 Å². The summed E-state index contributed by atoms with van der Waals surface area (Å²) in [5.74, 6) is 1.55. The molecule has 0 radical (unpaired) electrons. The first kappa shape index (κ1) is 16.2. The Hall–Kier alpha value is -1.65. The molecule has 0 spiro atoms. The molecule has 1 heterocycles. The van der Waals surface area contributed by atoms with Crippen molar-refractivity contribution >= 4 is 44.3 Å². The number of benzene rings is 2. The number of nitrogens with zero attached hydrogens (tertiary/aromatic N) is 2. The predicted octanol–water partition coefficient (Wildman–Crippen LogP) is 5.92. The molecule has 5 heteroatoms. The fourth-order valence-electron chi connectivity index (χ4n) is 2.35. The van der Waals surface area contributed by atoms with Gasteiger partial charge in [0, 0.05) is 27.0 Å². The molecule has 3 aromatic rings. The standard InChI is InChI=1S/C18H17BrClN3/c1-2-3-10-21-18-15-11-14(20)8-9-16(15)22-17(23-18)12-4-6-13(19)7-5-12/h4-9,11H,2-3,10H2,1H3,(H,21,22,23). The molecule has 1 N–H and O–H groups in total. The Bertz CT molecular complexity index is 818. The molecule has 2 aromatic carbocycles. The minimum absolute atomic E-state index is 0.691. The van der Waals surface area contributed by atoms with E-state index in [2.05, 4.69) is 33.2 Å². The monoisotopic (exact) mass is 389 g/mol. The third kappa shape index (κ3) is 3.82. The summed E-state index contributed by atoms with van der Waals surface area (Å²) in [6, 6.07) is 13.7. The Morgan fingerprint density at radius 3 is 2.61 bits per heavy atom. The van der Waals surface area contributed by atoms with Crippen LogP contribution in [0.25, 0.3) is 22.3 Å². The molecule has 1 aromatic heterocycles. The number of nitrogens with one attached hydrogen (secondary N) is 1. The van der Waals surface area contributed by atoms with Crippen LogP contribution >= 0.6 is 27.5 Å². The maximum atomic E-state index is 6.14. The second-order valence-electron chi connectivity index (χ2n) is 5.34. The van der Waals surface area contributed by atoms with Crippen LogP contribution in [0, 0.1) is 0 Å². The number of hydrogen-bond donors (Lipinski definition) is 1. The highest BCUT2D eigenvalue weighted by molar-refractivity contribution is 9.10. The zero-order chi connectivity index (χ0) is 16.2. The molecule has 0 unspecified atom stereocenters. The van der Waals surface area contributed by atoms with E-state index in [1.807, 2.05) is 42.5 Å². The van der Waals surface area contributed by atoms with Gasteiger partial charge in [0.05, 0.1) is 5.52 Å². The number of anilines is 1. The summed E-state index contributed by atoms with van der Waals surface area (Å²) >= 11 is 9.59. The summed E-state index contributed by atoms with van der Waals surface area (Å²) in [5, 5.41) is 5.06. The van der Waals surface area contributed by atoms with E-state index >= 15 is 0 Å². The van der Waals surface area contributed by atoms with Crippen molar-refractivity contribution in [2.75, 3.05) is 11.9 Å². The van der Waals surface area contributed by atoms with Gasteiger partial charge in [-0.15, -0.1) is 0 Å². The Kier molecular flexibility index (Phi) is 5.13. The molecular weight excluding hydrogens is 374 g/mol. The minimum atomic E-state index is 0.691. The Morgan fingerprint density at radius 1 is 1.09 bits per heavy atom. The largest absolute Gasteiger partial charge is 0.369 e. The van der Waals surface area contributed by atoms with Gasteiger partial charge in [0.1, 0.15) is 5.82 Å². The van der Waals surface area contributed by atoms with Gasteiger partial charge >= 0.3 is 0 Å². The average molecular weight is 391 g/mol. The van der Waals surface area contributed by atoms with Crippen molar-refractivity contribution in [2.45, 2.75) is 19.8 Å². The normalized spacial score (nSPS) is 10.9. The first-order valence-electron chi connectivity index (χ1n) is 7.64. The van der Waals surface area contributed by atoms with Crippen molar-refractivity contribution in [3.63, 3.8) is 0 Å². The lowest BCUT2D eigenvalue weighted by Crippen LogP contribution is -2.05. The fourth-order valence-corrected chi connectivity index (χ4v) is 2.78. The molecule has 23 heavy (non-hydrogen) atoms. The van der Waals surface area contributed by atoms with Crippen LogP contribution < -0.4 is 5.32 Å². The van der Waals surface area contributed by atoms with Crippen LogP contribution in [-0.4, -0.2) is 16.5 Å². The van der Waals surface area contributed by atoms with Crippen LogP contribution in [-0.2, 0) is 0 Å². The molecule has 0 saturated carbocycles. The lowest BCUT2D eigenvalue weighted by Gasteiger charge is -2.11. The Labute approximate surface area is 149 Å². The van der Waals surface area contributed by atoms with Crippen LogP contribution in [0.1, 0.15) is 19.8 Å². The smallest absolute Gasteiger partial charge is 0.162 e. The first-order valence-corrected chi connectivity index (χ1v) is 8.81. The molecular formula is C18H17BrClN3. The van der Waals surface area contributed by atoms with E-state index in [-0.39, 0.29) is 0 Å². The van der Waals surface area contributed by atoms with Crippen molar-refractivity contribution < 1.29 is 0 Å². The highest BCUT2D eigenvalue weighted by Gasteiger charge is 2.10. The maximum Gasteiger partial charge on any atom is 0.162 e. The van der Waals surface area contributed by atoms with E-state index in [0.29, 0.717) is 10.8 Å². The van der Waals surface area contributed by atoms with Crippen LogP contribution in [0.4, 0.5) is 5.82 Å². The third-order valence-electron chi connectivity index (χ3n) is 3.58. The van der Waals surface area contributed by atoms with E-state index in [9.17, 15) is 0 Å². The van der Waals surface area contributed by atoms with E-state index in [1.165, 1.54) is 0 Å². The van der Waals surface area contributed by atoms with Gasteiger partial charge in [0.15, 0.2) is 5.82 Å². The van der Waals surface area contributed by atoms with Gasteiger partial charge in [-0.05, 0) is 36.8 Å². The van der Waals surface area contributed by atoms with Gasteiger partial charge in [-0.2, -0.15) is 0 Å². The number of hydrogen-bond acceptors (Lipinski definition) is 3. The second kappa shape index (κ2) is 7.28. The summed E-state index contributed by atoms with van der Waals surface area (Å²) in [4.78, 5) is 9.40. The van der Waals surface area contributed by atoms with Crippen molar-refractivity contribution in [2.24, 2.45) is 0 Å². The average Bonchev–Trinajstić information content (AvgIpc) is 2.56. The molecule has 0 bridgehead atoms. The minimum Gasteiger partial charge on any atom is -0.369 e. The molecule has 0 saturated heterocycles. The quantitative estimate of drug-likeness (QED) is 0.549. The van der Waals surface area contributed by atoms with Gasteiger partial charge in [0.2, 0.25) is 0 Å². The third-order valence-corrected chi connectivity index (χ3v) is 4.35. The topological polar surface area (TPSA) is 37.8 Å². The number of halogens is 2. The summed E-state index contributed by atoms with van der Waals surface area (Å²) in [6.07, 6.45) is 2.23. The summed E-state index contributed by atoms with van der Waals surface area (Å²) in [5.41, 5.74) is 1.88. The van der Waals surface area contributed by atoms with Crippen LogP contribution in [0.2, 0.25) is 5.02 Å². The molecule has 0 atom stereocenters. The molecule has 3 nitrogen and oxygen atoms in total. The fraction of sp³-hybridized carbons (Fsp3) is 0.222. The lowest BCUT2D eigenvalue weighted by atomic mass is 10.2. The molecule has 118 valence electrons. The second-order valence-corrected chi connectivity index (χ2v) is 6.70. The van der Waals surface area contributed by atoms with Crippen molar-refractivity contribution in [3.05, 3.63) is 52.0 Å². The zero-order valence-electron chi connectivity index (χ0n) is 12.8. The molecule has 0 aliphatic carbocycles. The lowest BCUT2D eigenvalue weighted by molar-refractivity contribution is 0.832. The van der Waals surface area contributed by atoms with Crippen LogP contribution in [0.3, 0.4) is 0 Å². The number of aromatic nitrogens is 2. The first-order chi connectivity index (χ1) is 11.2. The Balaban J connectivity index is 2.08. The van der Waals surface area contributed by atoms with E-state index in [1.54, 1.807) is 0 Å². The summed E-state index contributed by atoms with van der Waals surface area (Å²) < 4.78 is 1.04. The SMILES string of the molecule is CCCCNc1nc(-c2ccc(Br)cc2)nc2ccc(Cl)cc12. The summed E-state index contributed by atoms with van der Waals surface area (Å²) in [6.45, 7) is 3.05. The maximum absolute atomic E-state index is 6.14. The zero-order valence-corrected chi connectivity index (χ0v) is 15.2. The highest BCUT2D eigenvalue weighted by Crippen LogP contribution is 2.28. The predicted molar refractivity (Wildman–Crippen MR) is 101 cm³/mol. The molecule has 0 fully saturated rings. The van der Waals surface area contributed by atoms with E-state index in [0.717, 1.165) is 46.1 Å². The van der Waals surface area contributed by atoms with E-state index in [4.69, 9.17) is 16.6 Å². The van der Waals surface area contributed by atoms with Gasteiger partial charge in [-0.25, -0.2) is 9.97 Å². The molecule has 0 aliphatic rings. The van der Waals surface area contributed by atoms with Gasteiger partial charge in [-0.1, -0.05) is 53.0 Å². The van der Waals surface area contributed by atoms with Crippen molar-refractivity contribution in [1.82, 2.24) is 9.97 Å². The van der Waals surface area contributed by atoms with Gasteiger partial charge in [-0.3, -0.25) is 0 Å². The Morgan fingerprint density at radius 2 is 1.87 bits per heavy atom. The highest BCUT2D eigenvalue weighted by atomic mass is 79.9. The van der Waals surface area contributed by atoms with E-state index < -0.39 is 0 Å². The summed E-state index contributed by atoms with van der Waals surface area (Å²) in [7, 11) is 0. The number of unbranched alkanes of at least 4 members (excludes halogenated alkanes) is 1. The molecule has 0 aliphatic heterocycles. The number of fused-ring (bicyclic) bond motifs is 1. The van der Waals surface area contributed by atoms with Gasteiger partial charge < -0.3 is 5.32 Å². The van der Waals surface area contributed by atoms with Crippen molar-refractivity contribution in [3.8, 4) is 11.4 Å². The number of rotatable bonds is 5. The molecule has 3 rings (SSSR count). The molecule has 0 amide bonds. The van der Waals surface area contributed by atoms with Crippen LogP contribution in [0.15, 0.2) is 46.9 Å².